The number of furan rings is 1. The molecule has 2 heterocycles. The summed E-state index contributed by atoms with van der Waals surface area (Å²) in [5, 5.41) is 0.956. The number of benzene rings is 2. The molecule has 5 nitrogen and oxygen atoms in total. The summed E-state index contributed by atoms with van der Waals surface area (Å²) >= 11 is 0. The highest BCUT2D eigenvalue weighted by molar-refractivity contribution is 6.03. The lowest BCUT2D eigenvalue weighted by atomic mass is 10.1. The highest BCUT2D eigenvalue weighted by atomic mass is 16.6. The molecule has 0 bridgehead atoms. The van der Waals surface area contributed by atoms with Crippen molar-refractivity contribution >= 4 is 29.0 Å². The fourth-order valence-electron chi connectivity index (χ4n) is 2.97. The quantitative estimate of drug-likeness (QED) is 0.675. The Morgan fingerprint density at radius 1 is 1.08 bits per heavy atom. The van der Waals surface area contributed by atoms with E-state index in [1.54, 1.807) is 12.3 Å². The predicted molar refractivity (Wildman–Crippen MR) is 92.6 cm³/mol. The van der Waals surface area contributed by atoms with Crippen molar-refractivity contribution in [3.63, 3.8) is 0 Å². The van der Waals surface area contributed by atoms with Gasteiger partial charge < -0.3 is 9.15 Å². The van der Waals surface area contributed by atoms with Crippen molar-refractivity contribution in [1.29, 1.82) is 0 Å². The van der Waals surface area contributed by atoms with Crippen LogP contribution in [-0.4, -0.2) is 23.5 Å². The number of hydrogen-bond acceptors (Lipinski definition) is 4. The summed E-state index contributed by atoms with van der Waals surface area (Å²) in [5.74, 6) is -0.417. The number of nitrogens with zero attached hydrogens (tertiary/aromatic N) is 1. The number of cyclic esters (lactones) is 1. The molecule has 2 aromatic carbocycles. The molecule has 1 atom stereocenters. The molecule has 1 aliphatic rings. The molecule has 0 saturated carbocycles. The van der Waals surface area contributed by atoms with Crippen LogP contribution in [0.3, 0.4) is 0 Å². The first-order valence-corrected chi connectivity index (χ1v) is 7.93. The van der Waals surface area contributed by atoms with E-state index in [-0.39, 0.29) is 6.61 Å². The van der Waals surface area contributed by atoms with Crippen LogP contribution < -0.4 is 0 Å². The fraction of sp³-hybridized carbons (Fsp3) is 0.100. The van der Waals surface area contributed by atoms with E-state index >= 15 is 0 Å². The summed E-state index contributed by atoms with van der Waals surface area (Å²) in [6.45, 7) is 0.163. The maximum absolute atomic E-state index is 12.6. The average molecular weight is 333 g/mol. The number of carbonyl (C=O) groups excluding carboxylic acids is 2. The Balaban J connectivity index is 1.61. The Kier molecular flexibility index (Phi) is 3.82. The van der Waals surface area contributed by atoms with Crippen LogP contribution in [0.15, 0.2) is 71.4 Å². The van der Waals surface area contributed by atoms with Gasteiger partial charge >= 0.3 is 6.09 Å². The highest BCUT2D eigenvalue weighted by Crippen LogP contribution is 2.28. The molecule has 1 aliphatic heterocycles. The average Bonchev–Trinajstić information content (AvgIpc) is 3.27. The first-order chi connectivity index (χ1) is 12.2. The Morgan fingerprint density at radius 2 is 1.92 bits per heavy atom. The van der Waals surface area contributed by atoms with Crippen LogP contribution in [0.25, 0.3) is 17.0 Å². The van der Waals surface area contributed by atoms with Crippen LogP contribution in [0.2, 0.25) is 0 Å². The second-order valence-electron chi connectivity index (χ2n) is 5.73. The molecule has 1 saturated heterocycles. The standard InChI is InChI=1S/C20H15NO4/c22-18(10-9-15-7-4-8-16-11-12-24-19(15)16)21-17(13-25-20(21)23)14-5-2-1-3-6-14/h1-12,17H,13H2. The minimum Gasteiger partial charge on any atom is -0.464 e. The normalized spacial score (nSPS) is 17.4. The maximum atomic E-state index is 12.6. The summed E-state index contributed by atoms with van der Waals surface area (Å²) in [7, 11) is 0. The van der Waals surface area contributed by atoms with Crippen molar-refractivity contribution in [3.05, 3.63) is 78.1 Å². The van der Waals surface area contributed by atoms with Crippen LogP contribution in [-0.2, 0) is 9.53 Å². The van der Waals surface area contributed by atoms with Crippen LogP contribution in [0, 0.1) is 0 Å². The number of fused-ring (bicyclic) bond motifs is 1. The van der Waals surface area contributed by atoms with E-state index < -0.39 is 18.0 Å². The molecule has 2 amide bonds. The molecular weight excluding hydrogens is 318 g/mol. The topological polar surface area (TPSA) is 59.8 Å². The number of imide groups is 1. The maximum Gasteiger partial charge on any atom is 0.417 e. The number of ether oxygens (including phenoxy) is 1. The van der Waals surface area contributed by atoms with Crippen LogP contribution in [0.1, 0.15) is 17.2 Å². The monoisotopic (exact) mass is 333 g/mol. The van der Waals surface area contributed by atoms with Gasteiger partial charge in [-0.2, -0.15) is 0 Å². The third-order valence-corrected chi connectivity index (χ3v) is 4.21. The molecule has 1 fully saturated rings. The van der Waals surface area contributed by atoms with Gasteiger partial charge in [0, 0.05) is 17.0 Å². The Morgan fingerprint density at radius 3 is 2.76 bits per heavy atom. The second kappa shape index (κ2) is 6.28. The largest absolute Gasteiger partial charge is 0.464 e. The minimum atomic E-state index is -0.625. The molecule has 25 heavy (non-hydrogen) atoms. The van der Waals surface area contributed by atoms with Gasteiger partial charge in [0.15, 0.2) is 0 Å². The van der Waals surface area contributed by atoms with Gasteiger partial charge in [-0.3, -0.25) is 4.79 Å². The zero-order valence-electron chi connectivity index (χ0n) is 13.3. The van der Waals surface area contributed by atoms with Crippen molar-refractivity contribution in [1.82, 2.24) is 4.90 Å². The first kappa shape index (κ1) is 15.2. The van der Waals surface area contributed by atoms with Crippen molar-refractivity contribution in [2.45, 2.75) is 6.04 Å². The van der Waals surface area contributed by atoms with Crippen LogP contribution in [0.5, 0.6) is 0 Å². The Hall–Kier alpha value is -3.34. The van der Waals surface area contributed by atoms with Crippen LogP contribution in [0.4, 0.5) is 4.79 Å². The summed E-state index contributed by atoms with van der Waals surface area (Å²) in [6, 6.07) is 16.5. The zero-order chi connectivity index (χ0) is 17.2. The van der Waals surface area contributed by atoms with Gasteiger partial charge in [-0.25, -0.2) is 9.69 Å². The van der Waals surface area contributed by atoms with E-state index in [9.17, 15) is 9.59 Å². The molecule has 1 unspecified atom stereocenters. The van der Waals surface area contributed by atoms with Crippen molar-refractivity contribution in [3.8, 4) is 0 Å². The lowest BCUT2D eigenvalue weighted by Crippen LogP contribution is -2.32. The van der Waals surface area contributed by atoms with E-state index in [0.29, 0.717) is 5.58 Å². The van der Waals surface area contributed by atoms with Gasteiger partial charge in [-0.05, 0) is 17.7 Å². The number of carbonyl (C=O) groups is 2. The number of amides is 2. The van der Waals surface area contributed by atoms with Gasteiger partial charge in [-0.15, -0.1) is 0 Å². The van der Waals surface area contributed by atoms with Gasteiger partial charge in [0.1, 0.15) is 18.2 Å². The molecule has 1 aromatic heterocycles. The van der Waals surface area contributed by atoms with E-state index in [2.05, 4.69) is 0 Å². The molecular formula is C20H15NO4. The minimum absolute atomic E-state index is 0.163. The van der Waals surface area contributed by atoms with Gasteiger partial charge in [0.25, 0.3) is 5.91 Å². The molecule has 0 radical (unpaired) electrons. The van der Waals surface area contributed by atoms with E-state index in [0.717, 1.165) is 21.4 Å². The molecule has 0 aliphatic carbocycles. The van der Waals surface area contributed by atoms with E-state index in [1.807, 2.05) is 54.6 Å². The van der Waals surface area contributed by atoms with Gasteiger partial charge in [0.2, 0.25) is 0 Å². The molecule has 124 valence electrons. The molecule has 4 rings (SSSR count). The fourth-order valence-corrected chi connectivity index (χ4v) is 2.97. The second-order valence-corrected chi connectivity index (χ2v) is 5.73. The summed E-state index contributed by atoms with van der Waals surface area (Å²) in [4.78, 5) is 25.8. The first-order valence-electron chi connectivity index (χ1n) is 7.93. The summed E-state index contributed by atoms with van der Waals surface area (Å²) in [6.07, 6.45) is 4.01. The van der Waals surface area contributed by atoms with Crippen LogP contribution >= 0.6 is 0 Å². The van der Waals surface area contributed by atoms with Crippen molar-refractivity contribution in [2.24, 2.45) is 0 Å². The summed E-state index contributed by atoms with van der Waals surface area (Å²) in [5.41, 5.74) is 2.35. The molecule has 0 spiro atoms. The SMILES string of the molecule is O=C(C=Cc1cccc2ccoc12)N1C(=O)OCC1c1ccccc1. The lowest BCUT2D eigenvalue weighted by molar-refractivity contribution is -0.124. The lowest BCUT2D eigenvalue weighted by Gasteiger charge is -2.18. The third-order valence-electron chi connectivity index (χ3n) is 4.21. The molecule has 5 heteroatoms. The summed E-state index contributed by atoms with van der Waals surface area (Å²) < 4.78 is 10.5. The highest BCUT2D eigenvalue weighted by Gasteiger charge is 2.37. The smallest absolute Gasteiger partial charge is 0.417 e. The third kappa shape index (κ3) is 2.80. The molecule has 0 N–H and O–H groups in total. The van der Waals surface area contributed by atoms with E-state index in [4.69, 9.17) is 9.15 Å². The van der Waals surface area contributed by atoms with Crippen molar-refractivity contribution < 1.29 is 18.7 Å². The zero-order valence-corrected chi connectivity index (χ0v) is 13.3. The van der Waals surface area contributed by atoms with Gasteiger partial charge in [0.05, 0.1) is 6.26 Å². The Labute approximate surface area is 144 Å². The Bertz CT molecular complexity index is 958. The number of para-hydroxylation sites is 1. The molecule has 3 aromatic rings. The van der Waals surface area contributed by atoms with E-state index in [1.165, 1.54) is 6.08 Å². The predicted octanol–water partition coefficient (Wildman–Crippen LogP) is 4.17. The van der Waals surface area contributed by atoms with Crippen molar-refractivity contribution in [2.75, 3.05) is 6.61 Å². The number of hydrogen-bond donors (Lipinski definition) is 0. The van der Waals surface area contributed by atoms with Gasteiger partial charge in [-0.1, -0.05) is 48.5 Å². The number of rotatable bonds is 3.